The standard InChI is InChI=1S/C27H28N2O2/c1-5-6-11-26-28-24-15-17(2)18(3)16-25(24)29(26)20-12-13-21(19(4)14-20)22-9-7-8-10-23(22)27(30)31/h7-10,12-16H,5-6,11H2,1-4H3,(H,30,31). The predicted molar refractivity (Wildman–Crippen MR) is 126 cm³/mol. The van der Waals surface area contributed by atoms with E-state index in [9.17, 15) is 9.90 Å². The molecule has 0 aliphatic carbocycles. The number of nitrogens with zero attached hydrogens (tertiary/aromatic N) is 2. The van der Waals surface area contributed by atoms with Crippen LogP contribution in [-0.4, -0.2) is 20.6 Å². The van der Waals surface area contributed by atoms with E-state index >= 15 is 0 Å². The smallest absolute Gasteiger partial charge is 0.336 e. The van der Waals surface area contributed by atoms with Crippen molar-refractivity contribution in [3.05, 3.63) is 82.7 Å². The number of hydrogen-bond donors (Lipinski definition) is 1. The Balaban J connectivity index is 1.88. The number of carbonyl (C=O) groups is 1. The third-order valence-electron chi connectivity index (χ3n) is 6.01. The van der Waals surface area contributed by atoms with Crippen LogP contribution in [0.5, 0.6) is 0 Å². The molecule has 0 fully saturated rings. The van der Waals surface area contributed by atoms with Crippen LogP contribution in [0.4, 0.5) is 0 Å². The topological polar surface area (TPSA) is 55.1 Å². The van der Waals surface area contributed by atoms with Crippen LogP contribution in [0.2, 0.25) is 0 Å². The number of aryl methyl sites for hydroxylation is 4. The highest BCUT2D eigenvalue weighted by molar-refractivity contribution is 5.96. The molecule has 1 aromatic heterocycles. The summed E-state index contributed by atoms with van der Waals surface area (Å²) in [7, 11) is 0. The van der Waals surface area contributed by atoms with E-state index in [4.69, 9.17) is 4.98 Å². The van der Waals surface area contributed by atoms with Gasteiger partial charge in [0.2, 0.25) is 0 Å². The first-order valence-corrected chi connectivity index (χ1v) is 10.8. The second-order valence-corrected chi connectivity index (χ2v) is 8.24. The van der Waals surface area contributed by atoms with Gasteiger partial charge in [0.1, 0.15) is 5.82 Å². The quantitative estimate of drug-likeness (QED) is 0.385. The molecule has 31 heavy (non-hydrogen) atoms. The van der Waals surface area contributed by atoms with E-state index in [-0.39, 0.29) is 0 Å². The molecule has 1 heterocycles. The van der Waals surface area contributed by atoms with Crippen LogP contribution in [0.3, 0.4) is 0 Å². The van der Waals surface area contributed by atoms with Gasteiger partial charge in [-0.1, -0.05) is 37.6 Å². The molecule has 1 N–H and O–H groups in total. The second-order valence-electron chi connectivity index (χ2n) is 8.24. The summed E-state index contributed by atoms with van der Waals surface area (Å²) in [5, 5.41) is 9.60. The number of aromatic carboxylic acids is 1. The van der Waals surface area contributed by atoms with Crippen LogP contribution in [0.15, 0.2) is 54.6 Å². The SMILES string of the molecule is CCCCc1nc2cc(C)c(C)cc2n1-c1ccc(-c2ccccc2C(=O)O)c(C)c1. The van der Waals surface area contributed by atoms with Crippen molar-refractivity contribution in [1.82, 2.24) is 9.55 Å². The summed E-state index contributed by atoms with van der Waals surface area (Å²) >= 11 is 0. The first kappa shape index (κ1) is 20.9. The number of unbranched alkanes of at least 4 members (excludes halogenated alkanes) is 1. The minimum absolute atomic E-state index is 0.321. The summed E-state index contributed by atoms with van der Waals surface area (Å²) in [4.78, 5) is 16.7. The second kappa shape index (κ2) is 8.38. The number of fused-ring (bicyclic) bond motifs is 1. The van der Waals surface area contributed by atoms with Crippen molar-refractivity contribution >= 4 is 17.0 Å². The van der Waals surface area contributed by atoms with Gasteiger partial charge in [0.25, 0.3) is 0 Å². The average Bonchev–Trinajstić information content (AvgIpc) is 3.09. The lowest BCUT2D eigenvalue weighted by molar-refractivity contribution is 0.0697. The lowest BCUT2D eigenvalue weighted by Crippen LogP contribution is -2.03. The largest absolute Gasteiger partial charge is 0.478 e. The van der Waals surface area contributed by atoms with Gasteiger partial charge in [-0.3, -0.25) is 4.57 Å². The van der Waals surface area contributed by atoms with Crippen LogP contribution in [-0.2, 0) is 6.42 Å². The fourth-order valence-electron chi connectivity index (χ4n) is 4.17. The summed E-state index contributed by atoms with van der Waals surface area (Å²) in [5.74, 6) is 0.160. The molecular weight excluding hydrogens is 384 g/mol. The maximum absolute atomic E-state index is 11.7. The minimum Gasteiger partial charge on any atom is -0.478 e. The van der Waals surface area contributed by atoms with Gasteiger partial charge >= 0.3 is 5.97 Å². The van der Waals surface area contributed by atoms with Gasteiger partial charge in [0.15, 0.2) is 0 Å². The molecule has 0 saturated carbocycles. The van der Waals surface area contributed by atoms with E-state index in [1.165, 1.54) is 11.1 Å². The Morgan fingerprint density at radius 3 is 2.39 bits per heavy atom. The van der Waals surface area contributed by atoms with Crippen molar-refractivity contribution < 1.29 is 9.90 Å². The van der Waals surface area contributed by atoms with Crippen LogP contribution in [0.25, 0.3) is 27.8 Å². The number of carboxylic acid groups (broad SMARTS) is 1. The van der Waals surface area contributed by atoms with E-state index in [1.54, 1.807) is 12.1 Å². The third kappa shape index (κ3) is 3.86. The van der Waals surface area contributed by atoms with Crippen molar-refractivity contribution in [2.75, 3.05) is 0 Å². The first-order valence-electron chi connectivity index (χ1n) is 10.8. The Labute approximate surface area is 183 Å². The summed E-state index contributed by atoms with van der Waals surface area (Å²) in [6, 6.07) is 17.8. The molecule has 0 atom stereocenters. The normalized spacial score (nSPS) is 11.2. The molecule has 0 unspecified atom stereocenters. The van der Waals surface area contributed by atoms with E-state index in [0.29, 0.717) is 5.56 Å². The van der Waals surface area contributed by atoms with Crippen LogP contribution in [0.1, 0.15) is 52.6 Å². The molecule has 158 valence electrons. The highest BCUT2D eigenvalue weighted by Gasteiger charge is 2.16. The predicted octanol–water partition coefficient (Wildman–Crippen LogP) is 6.66. The number of rotatable bonds is 6. The number of imidazole rings is 1. The summed E-state index contributed by atoms with van der Waals surface area (Å²) < 4.78 is 2.26. The zero-order chi connectivity index (χ0) is 22.1. The van der Waals surface area contributed by atoms with Crippen LogP contribution < -0.4 is 0 Å². The van der Waals surface area contributed by atoms with Crippen molar-refractivity contribution in [3.8, 4) is 16.8 Å². The lowest BCUT2D eigenvalue weighted by Gasteiger charge is -2.14. The van der Waals surface area contributed by atoms with E-state index < -0.39 is 5.97 Å². The molecule has 3 aromatic carbocycles. The Bertz CT molecular complexity index is 1280. The Hall–Kier alpha value is -3.40. The van der Waals surface area contributed by atoms with Crippen molar-refractivity contribution in [2.24, 2.45) is 0 Å². The highest BCUT2D eigenvalue weighted by Crippen LogP contribution is 2.31. The van der Waals surface area contributed by atoms with E-state index in [0.717, 1.165) is 58.5 Å². The number of benzene rings is 3. The van der Waals surface area contributed by atoms with Crippen molar-refractivity contribution in [1.29, 1.82) is 0 Å². The first-order chi connectivity index (χ1) is 14.9. The Morgan fingerprint density at radius 1 is 0.935 bits per heavy atom. The van der Waals surface area contributed by atoms with Gasteiger partial charge in [0, 0.05) is 12.1 Å². The number of aromatic nitrogens is 2. The zero-order valence-electron chi connectivity index (χ0n) is 18.6. The number of carboxylic acids is 1. The highest BCUT2D eigenvalue weighted by atomic mass is 16.4. The van der Waals surface area contributed by atoms with Gasteiger partial charge in [-0.15, -0.1) is 0 Å². The molecule has 0 spiro atoms. The molecule has 0 aliphatic heterocycles. The summed E-state index contributed by atoms with van der Waals surface area (Å²) in [6.07, 6.45) is 3.13. The molecule has 4 aromatic rings. The Morgan fingerprint density at radius 2 is 1.68 bits per heavy atom. The maximum Gasteiger partial charge on any atom is 0.336 e. The summed E-state index contributed by atoms with van der Waals surface area (Å²) in [5.41, 5.74) is 8.74. The molecule has 4 heteroatoms. The average molecular weight is 413 g/mol. The molecule has 4 rings (SSSR count). The van der Waals surface area contributed by atoms with Gasteiger partial charge in [0.05, 0.1) is 16.6 Å². The monoisotopic (exact) mass is 412 g/mol. The van der Waals surface area contributed by atoms with Crippen molar-refractivity contribution in [3.63, 3.8) is 0 Å². The molecule has 0 saturated heterocycles. The zero-order valence-corrected chi connectivity index (χ0v) is 18.6. The van der Waals surface area contributed by atoms with Crippen molar-refractivity contribution in [2.45, 2.75) is 47.0 Å². The van der Waals surface area contributed by atoms with E-state index in [2.05, 4.69) is 49.6 Å². The molecule has 4 nitrogen and oxygen atoms in total. The van der Waals surface area contributed by atoms with Gasteiger partial charge in [-0.05, 0) is 85.3 Å². The van der Waals surface area contributed by atoms with Gasteiger partial charge in [-0.2, -0.15) is 0 Å². The maximum atomic E-state index is 11.7. The number of hydrogen-bond acceptors (Lipinski definition) is 2. The fraction of sp³-hybridized carbons (Fsp3) is 0.259. The molecular formula is C27H28N2O2. The third-order valence-corrected chi connectivity index (χ3v) is 6.01. The van der Waals surface area contributed by atoms with Gasteiger partial charge < -0.3 is 5.11 Å². The van der Waals surface area contributed by atoms with Gasteiger partial charge in [-0.25, -0.2) is 9.78 Å². The molecule has 0 radical (unpaired) electrons. The minimum atomic E-state index is -0.910. The van der Waals surface area contributed by atoms with Crippen LogP contribution >= 0.6 is 0 Å². The molecule has 0 aliphatic rings. The Kier molecular flexibility index (Phi) is 5.64. The lowest BCUT2D eigenvalue weighted by atomic mass is 9.95. The van der Waals surface area contributed by atoms with E-state index in [1.807, 2.05) is 25.1 Å². The van der Waals surface area contributed by atoms with Crippen LogP contribution in [0, 0.1) is 20.8 Å². The molecule has 0 amide bonds. The summed E-state index contributed by atoms with van der Waals surface area (Å²) in [6.45, 7) is 8.49. The fourth-order valence-corrected chi connectivity index (χ4v) is 4.17. The molecule has 0 bridgehead atoms.